The number of anilines is 1. The molecule has 2 aromatic carbocycles. The fourth-order valence-electron chi connectivity index (χ4n) is 3.14. The van der Waals surface area contributed by atoms with Crippen molar-refractivity contribution in [1.29, 1.82) is 0 Å². The molecule has 1 saturated heterocycles. The molecule has 2 aromatic rings. The van der Waals surface area contributed by atoms with Crippen LogP contribution in [-0.2, 0) is 16.1 Å². The minimum atomic E-state index is -0.393. The van der Waals surface area contributed by atoms with Crippen molar-refractivity contribution < 1.29 is 14.3 Å². The summed E-state index contributed by atoms with van der Waals surface area (Å²) in [5.41, 5.74) is 2.72. The molecule has 0 spiro atoms. The largest absolute Gasteiger partial charge is 0.495 e. The smallest absolute Gasteiger partial charge is 0.229 e. The first-order valence-electron chi connectivity index (χ1n) is 8.44. The molecule has 0 aromatic heterocycles. The van der Waals surface area contributed by atoms with E-state index in [0.717, 1.165) is 11.1 Å². The van der Waals surface area contributed by atoms with Crippen molar-refractivity contribution in [2.24, 2.45) is 5.92 Å². The fourth-order valence-corrected chi connectivity index (χ4v) is 3.32. The van der Waals surface area contributed by atoms with Crippen LogP contribution in [0.5, 0.6) is 5.75 Å². The third-order valence-electron chi connectivity index (χ3n) is 4.46. The molecule has 1 aliphatic rings. The van der Waals surface area contributed by atoms with E-state index in [9.17, 15) is 9.59 Å². The van der Waals surface area contributed by atoms with Gasteiger partial charge in [0.15, 0.2) is 0 Å². The molecule has 6 heteroatoms. The van der Waals surface area contributed by atoms with E-state index < -0.39 is 5.92 Å². The van der Waals surface area contributed by atoms with Crippen molar-refractivity contribution in [3.05, 3.63) is 58.6 Å². The van der Waals surface area contributed by atoms with Gasteiger partial charge in [0, 0.05) is 24.5 Å². The Morgan fingerprint density at radius 3 is 2.85 bits per heavy atom. The fraction of sp³-hybridized carbons (Fsp3) is 0.300. The predicted octanol–water partition coefficient (Wildman–Crippen LogP) is 3.64. The Kier molecular flexibility index (Phi) is 5.47. The molecular formula is C20H21ClN2O3. The number of benzene rings is 2. The van der Waals surface area contributed by atoms with Gasteiger partial charge in [-0.15, -0.1) is 0 Å². The molecule has 0 bridgehead atoms. The minimum absolute atomic E-state index is 0.00952. The first-order chi connectivity index (χ1) is 12.5. The van der Waals surface area contributed by atoms with Gasteiger partial charge in [0.2, 0.25) is 11.8 Å². The van der Waals surface area contributed by atoms with Crippen LogP contribution in [0.25, 0.3) is 0 Å². The Morgan fingerprint density at radius 1 is 1.31 bits per heavy atom. The lowest BCUT2D eigenvalue weighted by Gasteiger charge is -2.17. The van der Waals surface area contributed by atoms with Gasteiger partial charge in [-0.05, 0) is 30.7 Å². The van der Waals surface area contributed by atoms with Crippen molar-refractivity contribution in [2.75, 3.05) is 19.0 Å². The van der Waals surface area contributed by atoms with Crippen LogP contribution < -0.4 is 10.1 Å². The zero-order valence-corrected chi connectivity index (χ0v) is 15.5. The number of hydrogen-bond donors (Lipinski definition) is 1. The molecule has 1 unspecified atom stereocenters. The van der Waals surface area contributed by atoms with Gasteiger partial charge in [-0.25, -0.2) is 0 Å². The van der Waals surface area contributed by atoms with Crippen LogP contribution in [0.4, 0.5) is 5.69 Å². The van der Waals surface area contributed by atoms with Gasteiger partial charge in [-0.2, -0.15) is 0 Å². The first-order valence-corrected chi connectivity index (χ1v) is 8.82. The second-order valence-corrected chi connectivity index (χ2v) is 6.93. The summed E-state index contributed by atoms with van der Waals surface area (Å²) in [4.78, 5) is 26.6. The Bertz CT molecular complexity index is 838. The number of amides is 2. The Hall–Kier alpha value is -2.53. The second-order valence-electron chi connectivity index (χ2n) is 6.50. The average Bonchev–Trinajstić information content (AvgIpc) is 2.96. The molecule has 26 heavy (non-hydrogen) atoms. The molecule has 2 amide bonds. The van der Waals surface area contributed by atoms with E-state index in [0.29, 0.717) is 29.5 Å². The molecule has 136 valence electrons. The topological polar surface area (TPSA) is 58.6 Å². The van der Waals surface area contributed by atoms with Crippen molar-refractivity contribution in [1.82, 2.24) is 4.90 Å². The van der Waals surface area contributed by atoms with Crippen molar-refractivity contribution >= 4 is 29.1 Å². The molecule has 1 heterocycles. The maximum absolute atomic E-state index is 12.6. The Labute approximate surface area is 157 Å². The van der Waals surface area contributed by atoms with E-state index in [1.807, 2.05) is 25.1 Å². The molecule has 0 saturated carbocycles. The first kappa shape index (κ1) is 18.3. The average molecular weight is 373 g/mol. The molecular weight excluding hydrogens is 352 g/mol. The quantitative estimate of drug-likeness (QED) is 0.871. The minimum Gasteiger partial charge on any atom is -0.495 e. The number of ether oxygens (including phenoxy) is 1. The number of carbonyl (C=O) groups is 2. The van der Waals surface area contributed by atoms with Crippen LogP contribution in [0.1, 0.15) is 17.5 Å². The van der Waals surface area contributed by atoms with Gasteiger partial charge in [0.05, 0.1) is 18.7 Å². The van der Waals surface area contributed by atoms with Gasteiger partial charge in [-0.3, -0.25) is 9.59 Å². The highest BCUT2D eigenvalue weighted by molar-refractivity contribution is 6.31. The van der Waals surface area contributed by atoms with Crippen LogP contribution in [0, 0.1) is 12.8 Å². The number of hydrogen-bond acceptors (Lipinski definition) is 3. The van der Waals surface area contributed by atoms with Gasteiger partial charge in [0.1, 0.15) is 5.75 Å². The number of nitrogens with one attached hydrogen (secondary N) is 1. The molecule has 1 fully saturated rings. The zero-order valence-electron chi connectivity index (χ0n) is 14.8. The lowest BCUT2D eigenvalue weighted by Crippen LogP contribution is -2.28. The van der Waals surface area contributed by atoms with Gasteiger partial charge < -0.3 is 15.0 Å². The number of likely N-dealkylation sites (tertiary alicyclic amines) is 1. The summed E-state index contributed by atoms with van der Waals surface area (Å²) in [5.74, 6) is -0.0740. The SMILES string of the molecule is COc1ccc(Cl)cc1NC(=O)C1CC(=O)N(Cc2cccc(C)c2)C1. The third-order valence-corrected chi connectivity index (χ3v) is 4.70. The highest BCUT2D eigenvalue weighted by Crippen LogP contribution is 2.29. The zero-order chi connectivity index (χ0) is 18.7. The number of carbonyl (C=O) groups excluding carboxylic acids is 2. The van der Waals surface area contributed by atoms with Gasteiger partial charge in [0.25, 0.3) is 0 Å². The van der Waals surface area contributed by atoms with Crippen LogP contribution in [0.2, 0.25) is 5.02 Å². The van der Waals surface area contributed by atoms with Gasteiger partial charge >= 0.3 is 0 Å². The van der Waals surface area contributed by atoms with E-state index in [4.69, 9.17) is 16.3 Å². The summed E-state index contributed by atoms with van der Waals surface area (Å²) in [6.45, 7) is 2.94. The lowest BCUT2D eigenvalue weighted by atomic mass is 10.1. The standard InChI is InChI=1S/C20H21ClN2O3/c1-13-4-3-5-14(8-13)11-23-12-15(9-19(23)24)20(25)22-17-10-16(21)6-7-18(17)26-2/h3-8,10,15H,9,11-12H2,1-2H3,(H,22,25). The van der Waals surface area contributed by atoms with Crippen molar-refractivity contribution in [3.8, 4) is 5.75 Å². The van der Waals surface area contributed by atoms with Crippen LogP contribution in [0.15, 0.2) is 42.5 Å². The van der Waals surface area contributed by atoms with Crippen molar-refractivity contribution in [2.45, 2.75) is 19.9 Å². The lowest BCUT2D eigenvalue weighted by molar-refractivity contribution is -0.128. The Morgan fingerprint density at radius 2 is 2.12 bits per heavy atom. The number of aryl methyl sites for hydroxylation is 1. The monoisotopic (exact) mass is 372 g/mol. The summed E-state index contributed by atoms with van der Waals surface area (Å²) in [6, 6.07) is 13.1. The van der Waals surface area contributed by atoms with E-state index in [1.165, 1.54) is 7.11 Å². The molecule has 1 N–H and O–H groups in total. The number of halogens is 1. The summed E-state index contributed by atoms with van der Waals surface area (Å²) >= 11 is 6.00. The van der Waals surface area contributed by atoms with Gasteiger partial charge in [-0.1, -0.05) is 41.4 Å². The number of rotatable bonds is 5. The van der Waals surface area contributed by atoms with Crippen LogP contribution >= 0.6 is 11.6 Å². The molecule has 1 atom stereocenters. The van der Waals surface area contributed by atoms with Crippen LogP contribution in [0.3, 0.4) is 0 Å². The maximum Gasteiger partial charge on any atom is 0.229 e. The molecule has 0 radical (unpaired) electrons. The normalized spacial score (nSPS) is 16.7. The number of methoxy groups -OCH3 is 1. The third kappa shape index (κ3) is 4.17. The van der Waals surface area contributed by atoms with Crippen LogP contribution in [-0.4, -0.2) is 30.4 Å². The highest BCUT2D eigenvalue weighted by atomic mass is 35.5. The summed E-state index contributed by atoms with van der Waals surface area (Å²) in [7, 11) is 1.53. The Balaban J connectivity index is 1.66. The summed E-state index contributed by atoms with van der Waals surface area (Å²) in [6.07, 6.45) is 0.209. The maximum atomic E-state index is 12.6. The predicted molar refractivity (Wildman–Crippen MR) is 101 cm³/mol. The second kappa shape index (κ2) is 7.79. The summed E-state index contributed by atoms with van der Waals surface area (Å²) < 4.78 is 5.25. The molecule has 1 aliphatic heterocycles. The summed E-state index contributed by atoms with van der Waals surface area (Å²) in [5, 5.41) is 3.34. The molecule has 5 nitrogen and oxygen atoms in total. The van der Waals surface area contributed by atoms with E-state index in [-0.39, 0.29) is 18.2 Å². The molecule has 0 aliphatic carbocycles. The highest BCUT2D eigenvalue weighted by Gasteiger charge is 2.34. The number of nitrogens with zero attached hydrogens (tertiary/aromatic N) is 1. The van der Waals surface area contributed by atoms with E-state index >= 15 is 0 Å². The van der Waals surface area contributed by atoms with E-state index in [1.54, 1.807) is 23.1 Å². The van der Waals surface area contributed by atoms with E-state index in [2.05, 4.69) is 11.4 Å². The van der Waals surface area contributed by atoms with Crippen molar-refractivity contribution in [3.63, 3.8) is 0 Å². The molecule has 3 rings (SSSR count).